The maximum atomic E-state index is 12.5. The van der Waals surface area contributed by atoms with Gasteiger partial charge in [0.1, 0.15) is 35.6 Å². The van der Waals surface area contributed by atoms with Crippen molar-refractivity contribution in [3.8, 4) is 23.0 Å². The summed E-state index contributed by atoms with van der Waals surface area (Å²) in [4.78, 5) is 21.0. The minimum atomic E-state index is -0.366. The zero-order valence-electron chi connectivity index (χ0n) is 24.3. The normalized spacial score (nSPS) is 18.1. The zero-order valence-corrected chi connectivity index (χ0v) is 24.3. The van der Waals surface area contributed by atoms with Crippen LogP contribution in [0.2, 0.25) is 0 Å². The van der Waals surface area contributed by atoms with E-state index in [-0.39, 0.29) is 17.7 Å². The Kier molecular flexibility index (Phi) is 10.1. The first kappa shape index (κ1) is 29.6. The van der Waals surface area contributed by atoms with Crippen molar-refractivity contribution in [2.45, 2.75) is 63.9 Å². The third-order valence-electron chi connectivity index (χ3n) is 8.00. The zero-order chi connectivity index (χ0) is 29.3. The van der Waals surface area contributed by atoms with Crippen LogP contribution in [0.1, 0.15) is 48.8 Å². The Hall–Kier alpha value is -3.85. The number of hydrogen-bond acceptors (Lipinski definition) is 7. The fourth-order valence-corrected chi connectivity index (χ4v) is 5.59. The van der Waals surface area contributed by atoms with E-state index in [1.807, 2.05) is 24.3 Å². The number of ether oxygens (including phenoxy) is 2. The monoisotopic (exact) mass is 571 g/mol. The lowest BCUT2D eigenvalue weighted by atomic mass is 10.0. The highest BCUT2D eigenvalue weighted by Crippen LogP contribution is 2.29. The molecule has 2 aliphatic heterocycles. The number of hydroxylamine groups is 2. The SMILES string of the molecule is C=CCCC(C(=O)NC)N1Cc2cc(OCC3CCCCN3Cc3ccc(Oc4ccc(O)cc4)cc3)ccc2CO1. The third-order valence-corrected chi connectivity index (χ3v) is 8.00. The maximum absolute atomic E-state index is 12.5. The highest BCUT2D eigenvalue weighted by atomic mass is 16.7. The summed E-state index contributed by atoms with van der Waals surface area (Å²) >= 11 is 0. The van der Waals surface area contributed by atoms with Crippen LogP contribution in [-0.4, -0.2) is 53.3 Å². The van der Waals surface area contributed by atoms with Gasteiger partial charge in [0.15, 0.2) is 0 Å². The Morgan fingerprint density at radius 2 is 1.81 bits per heavy atom. The van der Waals surface area contributed by atoms with Crippen molar-refractivity contribution in [3.05, 3.63) is 96.1 Å². The van der Waals surface area contributed by atoms with Crippen LogP contribution in [-0.2, 0) is 29.3 Å². The average Bonchev–Trinajstić information content (AvgIpc) is 3.02. The standard InChI is InChI=1S/C34H41N3O5/c1-3-4-8-33(34(39)35-2)37-22-27-20-32(16-11-26(27)23-41-37)40-24-28-7-5-6-19-36(28)21-25-9-14-30(15-10-25)42-31-17-12-29(38)13-18-31/h3,9-18,20,28,33,38H,1,4-8,19,21-24H2,2H3,(H,35,39). The van der Waals surface area contributed by atoms with Crippen molar-refractivity contribution in [2.75, 3.05) is 20.2 Å². The molecule has 3 aromatic carbocycles. The summed E-state index contributed by atoms with van der Waals surface area (Å²) in [6, 6.07) is 21.1. The summed E-state index contributed by atoms with van der Waals surface area (Å²) in [5.41, 5.74) is 3.48. The second kappa shape index (κ2) is 14.4. The van der Waals surface area contributed by atoms with Gasteiger partial charge < -0.3 is 19.9 Å². The Bertz CT molecular complexity index is 1330. The number of benzene rings is 3. The van der Waals surface area contributed by atoms with Gasteiger partial charge in [-0.2, -0.15) is 5.06 Å². The number of amides is 1. The largest absolute Gasteiger partial charge is 0.508 e. The molecule has 0 aliphatic carbocycles. The number of aromatic hydroxyl groups is 1. The Morgan fingerprint density at radius 3 is 2.55 bits per heavy atom. The van der Waals surface area contributed by atoms with Gasteiger partial charge >= 0.3 is 0 Å². The molecule has 2 N–H and O–H groups in total. The van der Waals surface area contributed by atoms with E-state index in [0.29, 0.717) is 38.0 Å². The quantitative estimate of drug-likeness (QED) is 0.260. The van der Waals surface area contributed by atoms with E-state index < -0.39 is 0 Å². The van der Waals surface area contributed by atoms with Crippen LogP contribution in [0.3, 0.4) is 0 Å². The first-order valence-corrected chi connectivity index (χ1v) is 14.8. The van der Waals surface area contributed by atoms with Crippen LogP contribution in [0.25, 0.3) is 0 Å². The van der Waals surface area contributed by atoms with Gasteiger partial charge in [-0.05, 0) is 97.4 Å². The molecule has 0 spiro atoms. The van der Waals surface area contributed by atoms with Gasteiger partial charge in [-0.25, -0.2) is 0 Å². The summed E-state index contributed by atoms with van der Waals surface area (Å²) in [6.07, 6.45) is 6.71. The van der Waals surface area contributed by atoms with Crippen LogP contribution < -0.4 is 14.8 Å². The van der Waals surface area contributed by atoms with Crippen molar-refractivity contribution in [3.63, 3.8) is 0 Å². The van der Waals surface area contributed by atoms with Crippen LogP contribution in [0.5, 0.6) is 23.0 Å². The number of fused-ring (bicyclic) bond motifs is 1. The summed E-state index contributed by atoms with van der Waals surface area (Å²) in [6.45, 7) is 7.29. The molecule has 8 heteroatoms. The predicted octanol–water partition coefficient (Wildman–Crippen LogP) is 5.95. The first-order chi connectivity index (χ1) is 20.5. The number of rotatable bonds is 12. The lowest BCUT2D eigenvalue weighted by Crippen LogP contribution is -2.46. The van der Waals surface area contributed by atoms with E-state index in [0.717, 1.165) is 48.6 Å². The molecule has 0 radical (unpaired) electrons. The molecule has 1 amide bonds. The topological polar surface area (TPSA) is 83.5 Å². The lowest BCUT2D eigenvalue weighted by Gasteiger charge is -2.36. The van der Waals surface area contributed by atoms with Crippen LogP contribution in [0.15, 0.2) is 79.4 Å². The molecular weight excluding hydrogens is 530 g/mol. The fraction of sp³-hybridized carbons (Fsp3) is 0.382. The van der Waals surface area contributed by atoms with E-state index in [2.05, 4.69) is 41.1 Å². The molecule has 0 bridgehead atoms. The van der Waals surface area contributed by atoms with E-state index in [1.165, 1.54) is 18.4 Å². The molecule has 0 saturated carbocycles. The van der Waals surface area contributed by atoms with Gasteiger partial charge in [0.25, 0.3) is 0 Å². The molecule has 8 nitrogen and oxygen atoms in total. The molecule has 2 aliphatic rings. The van der Waals surface area contributed by atoms with Gasteiger partial charge in [0, 0.05) is 19.6 Å². The van der Waals surface area contributed by atoms with Crippen molar-refractivity contribution in [2.24, 2.45) is 0 Å². The molecule has 3 aromatic rings. The molecule has 1 saturated heterocycles. The third kappa shape index (κ3) is 7.70. The minimum Gasteiger partial charge on any atom is -0.508 e. The van der Waals surface area contributed by atoms with Crippen molar-refractivity contribution in [1.29, 1.82) is 0 Å². The highest BCUT2D eigenvalue weighted by Gasteiger charge is 2.30. The van der Waals surface area contributed by atoms with E-state index >= 15 is 0 Å². The Morgan fingerprint density at radius 1 is 1.07 bits per heavy atom. The number of likely N-dealkylation sites (tertiary alicyclic amines) is 1. The molecule has 2 unspecified atom stereocenters. The van der Waals surface area contributed by atoms with Crippen LogP contribution in [0.4, 0.5) is 0 Å². The molecule has 5 rings (SSSR count). The number of carbonyl (C=O) groups is 1. The summed E-state index contributed by atoms with van der Waals surface area (Å²) in [5, 5.41) is 14.0. The van der Waals surface area contributed by atoms with Gasteiger partial charge in [-0.15, -0.1) is 6.58 Å². The number of piperidine rings is 1. The second-order valence-corrected chi connectivity index (χ2v) is 10.9. The second-order valence-electron chi connectivity index (χ2n) is 10.9. The number of likely N-dealkylation sites (N-methyl/N-ethyl adjacent to an activating group) is 1. The molecule has 1 fully saturated rings. The van der Waals surface area contributed by atoms with Crippen LogP contribution >= 0.6 is 0 Å². The summed E-state index contributed by atoms with van der Waals surface area (Å²) < 4.78 is 12.3. The smallest absolute Gasteiger partial charge is 0.239 e. The molecular formula is C34H41N3O5. The van der Waals surface area contributed by atoms with Crippen molar-refractivity contribution in [1.82, 2.24) is 15.3 Å². The van der Waals surface area contributed by atoms with Crippen molar-refractivity contribution < 1.29 is 24.2 Å². The molecule has 222 valence electrons. The lowest BCUT2D eigenvalue weighted by molar-refractivity contribution is -0.214. The van der Waals surface area contributed by atoms with E-state index in [9.17, 15) is 9.90 Å². The van der Waals surface area contributed by atoms with Crippen LogP contribution in [0, 0.1) is 0 Å². The van der Waals surface area contributed by atoms with Gasteiger partial charge in [0.2, 0.25) is 5.91 Å². The Balaban J connectivity index is 1.18. The molecule has 2 atom stereocenters. The number of carbonyl (C=O) groups excluding carboxylic acids is 1. The number of nitrogens with zero attached hydrogens (tertiary/aromatic N) is 2. The predicted molar refractivity (Wildman–Crippen MR) is 162 cm³/mol. The molecule has 0 aromatic heterocycles. The van der Waals surface area contributed by atoms with Crippen molar-refractivity contribution >= 4 is 5.91 Å². The summed E-state index contributed by atoms with van der Waals surface area (Å²) in [7, 11) is 1.66. The van der Waals surface area contributed by atoms with E-state index in [1.54, 1.807) is 36.4 Å². The van der Waals surface area contributed by atoms with E-state index in [4.69, 9.17) is 14.3 Å². The molecule has 42 heavy (non-hydrogen) atoms. The van der Waals surface area contributed by atoms with Gasteiger partial charge in [-0.3, -0.25) is 14.5 Å². The first-order valence-electron chi connectivity index (χ1n) is 14.8. The number of phenolic OH excluding ortho intramolecular Hbond substituents is 1. The average molecular weight is 572 g/mol. The maximum Gasteiger partial charge on any atom is 0.239 e. The Labute approximate surface area is 248 Å². The minimum absolute atomic E-state index is 0.0513. The summed E-state index contributed by atoms with van der Waals surface area (Å²) in [5.74, 6) is 2.47. The van der Waals surface area contributed by atoms with Gasteiger partial charge in [0.05, 0.1) is 13.2 Å². The van der Waals surface area contributed by atoms with Gasteiger partial charge in [-0.1, -0.05) is 30.7 Å². The number of phenols is 1. The number of allylic oxidation sites excluding steroid dienone is 1. The fourth-order valence-electron chi connectivity index (χ4n) is 5.59. The number of nitrogens with one attached hydrogen (secondary N) is 1. The molecule has 2 heterocycles. The number of hydrogen-bond donors (Lipinski definition) is 2. The highest BCUT2D eigenvalue weighted by molar-refractivity contribution is 5.81.